The fourth-order valence-electron chi connectivity index (χ4n) is 2.13. The lowest BCUT2D eigenvalue weighted by atomic mass is 10.0. The molecule has 1 aromatic rings. The zero-order valence-electron chi connectivity index (χ0n) is 10.8. The van der Waals surface area contributed by atoms with Crippen molar-refractivity contribution in [2.75, 3.05) is 13.2 Å². The predicted molar refractivity (Wildman–Crippen MR) is 63.5 cm³/mol. The standard InChI is InChI=1S/C12H21N3O2/c1-4-12(3,16-5-2)11-14-10(17-15-11)9-7-6-8-13-9/h9,13H,4-8H2,1-3H3. The molecule has 0 aliphatic carbocycles. The van der Waals surface area contributed by atoms with Gasteiger partial charge in [0.1, 0.15) is 5.60 Å². The molecule has 2 heterocycles. The van der Waals surface area contributed by atoms with Crippen molar-refractivity contribution in [2.45, 2.75) is 51.7 Å². The van der Waals surface area contributed by atoms with Crippen LogP contribution in [0.2, 0.25) is 0 Å². The number of hydrogen-bond donors (Lipinski definition) is 1. The van der Waals surface area contributed by atoms with Gasteiger partial charge in [0.2, 0.25) is 11.7 Å². The summed E-state index contributed by atoms with van der Waals surface area (Å²) < 4.78 is 11.1. The first-order valence-electron chi connectivity index (χ1n) is 6.41. The van der Waals surface area contributed by atoms with Gasteiger partial charge in [0.15, 0.2) is 0 Å². The van der Waals surface area contributed by atoms with Crippen LogP contribution in [0.15, 0.2) is 4.52 Å². The lowest BCUT2D eigenvalue weighted by molar-refractivity contribution is -0.0403. The van der Waals surface area contributed by atoms with E-state index in [9.17, 15) is 0 Å². The molecule has 2 unspecified atom stereocenters. The maximum atomic E-state index is 5.74. The van der Waals surface area contributed by atoms with Gasteiger partial charge >= 0.3 is 0 Å². The van der Waals surface area contributed by atoms with Crippen LogP contribution < -0.4 is 5.32 Å². The van der Waals surface area contributed by atoms with Crippen LogP contribution >= 0.6 is 0 Å². The first-order chi connectivity index (χ1) is 8.19. The monoisotopic (exact) mass is 239 g/mol. The third-order valence-electron chi connectivity index (χ3n) is 3.41. The highest BCUT2D eigenvalue weighted by atomic mass is 16.5. The molecule has 5 nitrogen and oxygen atoms in total. The third-order valence-corrected chi connectivity index (χ3v) is 3.41. The topological polar surface area (TPSA) is 60.2 Å². The molecule has 96 valence electrons. The Balaban J connectivity index is 2.15. The molecule has 1 aliphatic heterocycles. The third kappa shape index (κ3) is 2.50. The Morgan fingerprint density at radius 2 is 2.35 bits per heavy atom. The number of hydrogen-bond acceptors (Lipinski definition) is 5. The van der Waals surface area contributed by atoms with E-state index in [0.717, 1.165) is 19.4 Å². The number of rotatable bonds is 5. The summed E-state index contributed by atoms with van der Waals surface area (Å²) in [7, 11) is 0. The number of ether oxygens (including phenoxy) is 1. The van der Waals surface area contributed by atoms with Crippen LogP contribution in [0.4, 0.5) is 0 Å². The van der Waals surface area contributed by atoms with Crippen molar-refractivity contribution in [3.63, 3.8) is 0 Å². The molecule has 1 fully saturated rings. The average molecular weight is 239 g/mol. The molecule has 0 saturated carbocycles. The van der Waals surface area contributed by atoms with Crippen molar-refractivity contribution in [3.05, 3.63) is 11.7 Å². The molecule has 2 rings (SSSR count). The number of nitrogens with zero attached hydrogens (tertiary/aromatic N) is 2. The summed E-state index contributed by atoms with van der Waals surface area (Å²) in [4.78, 5) is 4.49. The molecule has 1 aliphatic rings. The molecule has 1 N–H and O–H groups in total. The van der Waals surface area contributed by atoms with Crippen molar-refractivity contribution in [3.8, 4) is 0 Å². The SMILES string of the molecule is CCOC(C)(CC)c1noc(C2CCCN2)n1. The molecule has 0 radical (unpaired) electrons. The van der Waals surface area contributed by atoms with Gasteiger partial charge in [-0.2, -0.15) is 4.98 Å². The Kier molecular flexibility index (Phi) is 3.79. The highest BCUT2D eigenvalue weighted by Gasteiger charge is 2.32. The minimum Gasteiger partial charge on any atom is -0.367 e. The first-order valence-corrected chi connectivity index (χ1v) is 6.41. The summed E-state index contributed by atoms with van der Waals surface area (Å²) in [6.45, 7) is 7.73. The fraction of sp³-hybridized carbons (Fsp3) is 0.833. The molecular weight excluding hydrogens is 218 g/mol. The summed E-state index contributed by atoms with van der Waals surface area (Å²) >= 11 is 0. The van der Waals surface area contributed by atoms with E-state index in [2.05, 4.69) is 22.4 Å². The van der Waals surface area contributed by atoms with Gasteiger partial charge in [-0.15, -0.1) is 0 Å². The lowest BCUT2D eigenvalue weighted by Gasteiger charge is -2.23. The second kappa shape index (κ2) is 5.14. The summed E-state index contributed by atoms with van der Waals surface area (Å²) in [5.41, 5.74) is -0.435. The summed E-state index contributed by atoms with van der Waals surface area (Å²) in [5, 5.41) is 7.42. The molecule has 0 aromatic carbocycles. The van der Waals surface area contributed by atoms with Crippen LogP contribution in [0.1, 0.15) is 57.8 Å². The maximum Gasteiger partial charge on any atom is 0.243 e. The van der Waals surface area contributed by atoms with E-state index in [-0.39, 0.29) is 6.04 Å². The smallest absolute Gasteiger partial charge is 0.243 e. The molecule has 1 saturated heterocycles. The zero-order valence-corrected chi connectivity index (χ0v) is 10.8. The second-order valence-corrected chi connectivity index (χ2v) is 4.62. The van der Waals surface area contributed by atoms with E-state index in [4.69, 9.17) is 9.26 Å². The van der Waals surface area contributed by atoms with Crippen LogP contribution in [0.3, 0.4) is 0 Å². The van der Waals surface area contributed by atoms with Gasteiger partial charge in [0.05, 0.1) is 6.04 Å². The molecule has 0 amide bonds. The quantitative estimate of drug-likeness (QED) is 0.853. The van der Waals surface area contributed by atoms with Crippen molar-refractivity contribution >= 4 is 0 Å². The lowest BCUT2D eigenvalue weighted by Crippen LogP contribution is -2.26. The van der Waals surface area contributed by atoms with Gasteiger partial charge < -0.3 is 14.6 Å². The van der Waals surface area contributed by atoms with Gasteiger partial charge in [0, 0.05) is 6.61 Å². The molecule has 5 heteroatoms. The van der Waals surface area contributed by atoms with Gasteiger partial charge in [-0.1, -0.05) is 12.1 Å². The second-order valence-electron chi connectivity index (χ2n) is 4.62. The minimum absolute atomic E-state index is 0.221. The van der Waals surface area contributed by atoms with E-state index in [1.165, 1.54) is 6.42 Å². The molecule has 0 spiro atoms. The molecule has 2 atom stereocenters. The van der Waals surface area contributed by atoms with Gasteiger partial charge in [-0.25, -0.2) is 0 Å². The Morgan fingerprint density at radius 3 is 2.94 bits per heavy atom. The number of nitrogens with one attached hydrogen (secondary N) is 1. The summed E-state index contributed by atoms with van der Waals surface area (Å²) in [6, 6.07) is 0.221. The molecule has 0 bridgehead atoms. The first kappa shape index (κ1) is 12.5. The highest BCUT2D eigenvalue weighted by molar-refractivity contribution is 5.02. The maximum absolute atomic E-state index is 5.74. The van der Waals surface area contributed by atoms with E-state index in [1.807, 2.05) is 13.8 Å². The van der Waals surface area contributed by atoms with Gasteiger partial charge in [-0.3, -0.25) is 0 Å². The van der Waals surface area contributed by atoms with Crippen LogP contribution in [-0.4, -0.2) is 23.3 Å². The summed E-state index contributed by atoms with van der Waals surface area (Å²) in [5.74, 6) is 1.35. The van der Waals surface area contributed by atoms with Crippen LogP contribution in [0, 0.1) is 0 Å². The Labute approximate surface area is 102 Å². The Morgan fingerprint density at radius 1 is 1.53 bits per heavy atom. The van der Waals surface area contributed by atoms with Crippen molar-refractivity contribution < 1.29 is 9.26 Å². The Hall–Kier alpha value is -0.940. The van der Waals surface area contributed by atoms with E-state index in [1.54, 1.807) is 0 Å². The number of aromatic nitrogens is 2. The molecule has 17 heavy (non-hydrogen) atoms. The van der Waals surface area contributed by atoms with Crippen molar-refractivity contribution in [2.24, 2.45) is 0 Å². The van der Waals surface area contributed by atoms with E-state index in [0.29, 0.717) is 18.3 Å². The zero-order chi connectivity index (χ0) is 12.3. The normalized spacial score (nSPS) is 23.8. The van der Waals surface area contributed by atoms with Crippen molar-refractivity contribution in [1.82, 2.24) is 15.5 Å². The average Bonchev–Trinajstić information content (AvgIpc) is 2.99. The summed E-state index contributed by atoms with van der Waals surface area (Å²) in [6.07, 6.45) is 3.07. The van der Waals surface area contributed by atoms with Gasteiger partial charge in [-0.05, 0) is 39.7 Å². The minimum atomic E-state index is -0.435. The van der Waals surface area contributed by atoms with Crippen LogP contribution in [-0.2, 0) is 10.3 Å². The van der Waals surface area contributed by atoms with E-state index >= 15 is 0 Å². The largest absolute Gasteiger partial charge is 0.367 e. The van der Waals surface area contributed by atoms with E-state index < -0.39 is 5.60 Å². The highest BCUT2D eigenvalue weighted by Crippen LogP contribution is 2.29. The van der Waals surface area contributed by atoms with Crippen LogP contribution in [0.25, 0.3) is 0 Å². The molecule has 1 aromatic heterocycles. The fourth-order valence-corrected chi connectivity index (χ4v) is 2.13. The van der Waals surface area contributed by atoms with Gasteiger partial charge in [0.25, 0.3) is 0 Å². The molecular formula is C12H21N3O2. The predicted octanol–water partition coefficient (Wildman–Crippen LogP) is 2.16. The van der Waals surface area contributed by atoms with Crippen molar-refractivity contribution in [1.29, 1.82) is 0 Å². The Bertz CT molecular complexity index is 360. The van der Waals surface area contributed by atoms with Crippen LogP contribution in [0.5, 0.6) is 0 Å².